The van der Waals surface area contributed by atoms with Gasteiger partial charge in [-0.1, -0.05) is 26.0 Å². The fourth-order valence-corrected chi connectivity index (χ4v) is 2.70. The summed E-state index contributed by atoms with van der Waals surface area (Å²) in [6.45, 7) is 3.68. The third-order valence-electron chi connectivity index (χ3n) is 4.02. The van der Waals surface area contributed by atoms with Crippen molar-refractivity contribution in [2.24, 2.45) is 17.3 Å². The van der Waals surface area contributed by atoms with E-state index in [1.807, 2.05) is 0 Å². The van der Waals surface area contributed by atoms with E-state index in [4.69, 9.17) is 10.2 Å². The number of carboxylic acid groups (broad SMARTS) is 2. The van der Waals surface area contributed by atoms with Crippen molar-refractivity contribution in [1.29, 1.82) is 0 Å². The van der Waals surface area contributed by atoms with Crippen LogP contribution in [0.5, 0.6) is 0 Å². The Labute approximate surface area is 121 Å². The van der Waals surface area contributed by atoms with Gasteiger partial charge in [-0.2, -0.15) is 0 Å². The first-order chi connectivity index (χ1) is 9.75. The monoisotopic (exact) mass is 291 g/mol. The fourth-order valence-electron chi connectivity index (χ4n) is 2.70. The Kier molecular flexibility index (Phi) is 3.72. The second-order valence-electron chi connectivity index (χ2n) is 5.84. The average Bonchev–Trinajstić information content (AvgIpc) is 2.99. The van der Waals surface area contributed by atoms with Crippen molar-refractivity contribution in [3.8, 4) is 0 Å². The van der Waals surface area contributed by atoms with Crippen LogP contribution >= 0.6 is 0 Å². The van der Waals surface area contributed by atoms with E-state index in [-0.39, 0.29) is 18.0 Å². The summed E-state index contributed by atoms with van der Waals surface area (Å²) in [5, 5.41) is 20.6. The van der Waals surface area contributed by atoms with Gasteiger partial charge in [0, 0.05) is 6.54 Å². The summed E-state index contributed by atoms with van der Waals surface area (Å²) in [5.74, 6) is -3.51. The number of nitrogens with one attached hydrogen (secondary N) is 1. The predicted octanol–water partition coefficient (Wildman–Crippen LogP) is 1.36. The molecule has 1 aromatic carbocycles. The Bertz CT molecular complexity index is 608. The Morgan fingerprint density at radius 3 is 2.38 bits per heavy atom. The minimum atomic E-state index is -1.03. The molecule has 0 aliphatic heterocycles. The smallest absolute Gasteiger partial charge is 0.335 e. The zero-order chi connectivity index (χ0) is 15.8. The van der Waals surface area contributed by atoms with Crippen LogP contribution < -0.4 is 5.32 Å². The number of hydrogen-bond acceptors (Lipinski definition) is 3. The molecule has 21 heavy (non-hydrogen) atoms. The van der Waals surface area contributed by atoms with Gasteiger partial charge in [-0.15, -0.1) is 0 Å². The summed E-state index contributed by atoms with van der Waals surface area (Å²) in [7, 11) is 0. The molecule has 0 unspecified atom stereocenters. The van der Waals surface area contributed by atoms with Crippen molar-refractivity contribution in [3.05, 3.63) is 35.4 Å². The lowest BCUT2D eigenvalue weighted by Crippen LogP contribution is -2.26. The quantitative estimate of drug-likeness (QED) is 0.760. The first-order valence-corrected chi connectivity index (χ1v) is 6.58. The van der Waals surface area contributed by atoms with Crippen molar-refractivity contribution in [1.82, 2.24) is 5.32 Å². The lowest BCUT2D eigenvalue weighted by Gasteiger charge is -2.07. The number of benzene rings is 1. The van der Waals surface area contributed by atoms with Crippen molar-refractivity contribution in [2.45, 2.75) is 20.4 Å². The number of amides is 1. The van der Waals surface area contributed by atoms with E-state index in [1.54, 1.807) is 26.0 Å². The molecule has 1 amide bonds. The van der Waals surface area contributed by atoms with Crippen LogP contribution in [0.25, 0.3) is 0 Å². The van der Waals surface area contributed by atoms with E-state index < -0.39 is 29.2 Å². The maximum absolute atomic E-state index is 12.0. The largest absolute Gasteiger partial charge is 0.481 e. The second kappa shape index (κ2) is 5.20. The normalized spacial score (nSPS) is 22.4. The van der Waals surface area contributed by atoms with Gasteiger partial charge in [0.05, 0.1) is 17.4 Å². The van der Waals surface area contributed by atoms with Crippen LogP contribution in [0.15, 0.2) is 24.3 Å². The SMILES string of the molecule is CC1(C)[C@H](C(=O)NCc2cccc(C(=O)O)c2)[C@@H]1C(=O)O. The molecule has 3 N–H and O–H groups in total. The van der Waals surface area contributed by atoms with Gasteiger partial charge in [-0.05, 0) is 23.1 Å². The van der Waals surface area contributed by atoms with Crippen LogP contribution in [0, 0.1) is 17.3 Å². The molecule has 112 valence electrons. The second-order valence-corrected chi connectivity index (χ2v) is 5.84. The molecule has 1 aliphatic carbocycles. The highest BCUT2D eigenvalue weighted by Crippen LogP contribution is 2.58. The van der Waals surface area contributed by atoms with Gasteiger partial charge in [0.2, 0.25) is 5.91 Å². The van der Waals surface area contributed by atoms with Gasteiger partial charge < -0.3 is 15.5 Å². The predicted molar refractivity (Wildman–Crippen MR) is 73.6 cm³/mol. The highest BCUT2D eigenvalue weighted by atomic mass is 16.4. The molecule has 0 aromatic heterocycles. The molecule has 0 saturated heterocycles. The maximum Gasteiger partial charge on any atom is 0.335 e. The fraction of sp³-hybridized carbons (Fsp3) is 0.400. The van der Waals surface area contributed by atoms with Crippen LogP contribution in [-0.2, 0) is 16.1 Å². The number of aliphatic carboxylic acids is 1. The molecular formula is C15H17NO5. The van der Waals surface area contributed by atoms with Gasteiger partial charge >= 0.3 is 11.9 Å². The van der Waals surface area contributed by atoms with Crippen molar-refractivity contribution in [3.63, 3.8) is 0 Å². The molecule has 0 spiro atoms. The minimum absolute atomic E-state index is 0.150. The van der Waals surface area contributed by atoms with Crippen molar-refractivity contribution in [2.75, 3.05) is 0 Å². The Morgan fingerprint density at radius 2 is 1.86 bits per heavy atom. The Hall–Kier alpha value is -2.37. The summed E-state index contributed by atoms with van der Waals surface area (Å²) in [4.78, 5) is 33.9. The maximum atomic E-state index is 12.0. The standard InChI is InChI=1S/C15H17NO5/c1-15(2)10(11(15)14(20)21)12(17)16-7-8-4-3-5-9(6-8)13(18)19/h3-6,10-11H,7H2,1-2H3,(H,16,17)(H,18,19)(H,20,21)/t10-,11+/m0/s1. The van der Waals surface area contributed by atoms with Crippen LogP contribution in [0.2, 0.25) is 0 Å². The molecule has 6 nitrogen and oxygen atoms in total. The summed E-state index contributed by atoms with van der Waals surface area (Å²) < 4.78 is 0. The molecule has 0 bridgehead atoms. The minimum Gasteiger partial charge on any atom is -0.481 e. The van der Waals surface area contributed by atoms with Gasteiger partial charge in [-0.3, -0.25) is 9.59 Å². The number of aromatic carboxylic acids is 1. The number of hydrogen-bond donors (Lipinski definition) is 3. The van der Waals surface area contributed by atoms with E-state index in [9.17, 15) is 14.4 Å². The van der Waals surface area contributed by atoms with E-state index >= 15 is 0 Å². The molecule has 1 saturated carbocycles. The summed E-state index contributed by atoms with van der Waals surface area (Å²) in [6, 6.07) is 6.26. The van der Waals surface area contributed by atoms with Gasteiger partial charge in [0.1, 0.15) is 0 Å². The van der Waals surface area contributed by atoms with E-state index in [2.05, 4.69) is 5.32 Å². The first-order valence-electron chi connectivity index (χ1n) is 6.58. The lowest BCUT2D eigenvalue weighted by atomic mass is 10.1. The number of carbonyl (C=O) groups excluding carboxylic acids is 1. The van der Waals surface area contributed by atoms with E-state index in [0.717, 1.165) is 0 Å². The molecule has 0 radical (unpaired) electrons. The van der Waals surface area contributed by atoms with Gasteiger partial charge in [0.25, 0.3) is 0 Å². The van der Waals surface area contributed by atoms with Gasteiger partial charge in [-0.25, -0.2) is 4.79 Å². The highest BCUT2D eigenvalue weighted by Gasteiger charge is 2.65. The van der Waals surface area contributed by atoms with Crippen molar-refractivity contribution < 1.29 is 24.6 Å². The molecule has 6 heteroatoms. The number of rotatable bonds is 5. The molecular weight excluding hydrogens is 274 g/mol. The average molecular weight is 291 g/mol. The lowest BCUT2D eigenvalue weighted by molar-refractivity contribution is -0.140. The zero-order valence-corrected chi connectivity index (χ0v) is 11.8. The third kappa shape index (κ3) is 2.89. The van der Waals surface area contributed by atoms with Crippen LogP contribution in [0.1, 0.15) is 29.8 Å². The van der Waals surface area contributed by atoms with Crippen molar-refractivity contribution >= 4 is 17.8 Å². The topological polar surface area (TPSA) is 104 Å². The van der Waals surface area contributed by atoms with E-state index in [0.29, 0.717) is 5.56 Å². The van der Waals surface area contributed by atoms with E-state index in [1.165, 1.54) is 12.1 Å². The van der Waals surface area contributed by atoms with Crippen LogP contribution in [0.3, 0.4) is 0 Å². The van der Waals surface area contributed by atoms with Crippen LogP contribution in [-0.4, -0.2) is 28.1 Å². The molecule has 1 aliphatic rings. The number of carboxylic acids is 2. The zero-order valence-electron chi connectivity index (χ0n) is 11.8. The molecule has 2 rings (SSSR count). The molecule has 1 aromatic rings. The Balaban J connectivity index is 1.98. The molecule has 0 heterocycles. The summed E-state index contributed by atoms with van der Waals surface area (Å²) in [6.07, 6.45) is 0. The third-order valence-corrected chi connectivity index (χ3v) is 4.02. The summed E-state index contributed by atoms with van der Waals surface area (Å²) >= 11 is 0. The molecule has 1 fully saturated rings. The molecule has 2 atom stereocenters. The first kappa shape index (κ1) is 15.0. The number of carbonyl (C=O) groups is 3. The summed E-state index contributed by atoms with van der Waals surface area (Å²) in [5.41, 5.74) is 0.268. The van der Waals surface area contributed by atoms with Crippen LogP contribution in [0.4, 0.5) is 0 Å². The Morgan fingerprint density at radius 1 is 1.19 bits per heavy atom. The highest BCUT2D eigenvalue weighted by molar-refractivity contribution is 5.91. The van der Waals surface area contributed by atoms with Gasteiger partial charge in [0.15, 0.2) is 0 Å².